The summed E-state index contributed by atoms with van der Waals surface area (Å²) in [5.74, 6) is -2.16. The number of halogens is 2. The highest BCUT2D eigenvalue weighted by atomic mass is 32.2. The van der Waals surface area contributed by atoms with E-state index < -0.39 is 26.6 Å². The monoisotopic (exact) mass is 262 g/mol. The highest BCUT2D eigenvalue weighted by molar-refractivity contribution is 7.89. The summed E-state index contributed by atoms with van der Waals surface area (Å²) < 4.78 is 51.9. The van der Waals surface area contributed by atoms with Gasteiger partial charge in [-0.2, -0.15) is 4.31 Å². The fourth-order valence-electron chi connectivity index (χ4n) is 1.83. The smallest absolute Gasteiger partial charge is 0.248 e. The molecule has 1 aliphatic heterocycles. The van der Waals surface area contributed by atoms with Gasteiger partial charge in [0.15, 0.2) is 4.90 Å². The van der Waals surface area contributed by atoms with Gasteiger partial charge in [-0.1, -0.05) is 6.07 Å². The molecule has 94 valence electrons. The Hall–Kier alpha value is -1.05. The maximum Gasteiger partial charge on any atom is 0.248 e. The second-order valence-corrected chi connectivity index (χ2v) is 5.84. The van der Waals surface area contributed by atoms with Crippen LogP contribution in [0.25, 0.3) is 0 Å². The molecule has 1 saturated heterocycles. The van der Waals surface area contributed by atoms with Crippen molar-refractivity contribution in [1.29, 1.82) is 0 Å². The average Bonchev–Trinajstić information content (AvgIpc) is 2.64. The summed E-state index contributed by atoms with van der Waals surface area (Å²) in [6.45, 7) is 0.285. The number of nitrogens with zero attached hydrogens (tertiary/aromatic N) is 1. The molecule has 0 amide bonds. The quantitative estimate of drug-likeness (QED) is 0.852. The highest BCUT2D eigenvalue weighted by Gasteiger charge is 2.34. The minimum absolute atomic E-state index is 0.0934. The molecule has 0 saturated carbocycles. The van der Waals surface area contributed by atoms with E-state index >= 15 is 0 Å². The Kier molecular flexibility index (Phi) is 3.15. The zero-order valence-electron chi connectivity index (χ0n) is 8.94. The molecule has 0 spiro atoms. The van der Waals surface area contributed by atoms with Crippen LogP contribution in [0.15, 0.2) is 23.1 Å². The van der Waals surface area contributed by atoms with Gasteiger partial charge in [0, 0.05) is 19.1 Å². The molecule has 1 aromatic carbocycles. The van der Waals surface area contributed by atoms with Gasteiger partial charge < -0.3 is 5.73 Å². The van der Waals surface area contributed by atoms with E-state index in [1.807, 2.05) is 0 Å². The molecular formula is C10H12F2N2O2S. The molecular weight excluding hydrogens is 250 g/mol. The maximum atomic E-state index is 13.4. The first-order valence-corrected chi connectivity index (χ1v) is 6.56. The van der Waals surface area contributed by atoms with Gasteiger partial charge in [-0.05, 0) is 18.6 Å². The summed E-state index contributed by atoms with van der Waals surface area (Å²) in [7, 11) is -4.13. The van der Waals surface area contributed by atoms with E-state index in [9.17, 15) is 17.2 Å². The lowest BCUT2D eigenvalue weighted by Crippen LogP contribution is -2.33. The third-order valence-corrected chi connectivity index (χ3v) is 4.62. The number of sulfonamides is 1. The van der Waals surface area contributed by atoms with Crippen LogP contribution in [0.4, 0.5) is 8.78 Å². The summed E-state index contributed by atoms with van der Waals surface area (Å²) in [4.78, 5) is -0.894. The molecule has 0 unspecified atom stereocenters. The predicted octanol–water partition coefficient (Wildman–Crippen LogP) is 0.686. The van der Waals surface area contributed by atoms with Crippen molar-refractivity contribution in [2.24, 2.45) is 5.73 Å². The van der Waals surface area contributed by atoms with Gasteiger partial charge in [0.25, 0.3) is 0 Å². The molecule has 0 aromatic heterocycles. The van der Waals surface area contributed by atoms with Crippen LogP contribution < -0.4 is 5.73 Å². The van der Waals surface area contributed by atoms with Gasteiger partial charge in [-0.25, -0.2) is 17.2 Å². The molecule has 4 nitrogen and oxygen atoms in total. The van der Waals surface area contributed by atoms with E-state index in [1.165, 1.54) is 0 Å². The molecule has 1 aliphatic rings. The van der Waals surface area contributed by atoms with Crippen molar-refractivity contribution in [2.45, 2.75) is 17.4 Å². The Morgan fingerprint density at radius 1 is 1.29 bits per heavy atom. The molecule has 1 atom stereocenters. The predicted molar refractivity (Wildman–Crippen MR) is 57.7 cm³/mol. The van der Waals surface area contributed by atoms with Crippen LogP contribution in [-0.2, 0) is 10.0 Å². The summed E-state index contributed by atoms with van der Waals surface area (Å²) in [6.07, 6.45) is 0.495. The van der Waals surface area contributed by atoms with Crippen LogP contribution >= 0.6 is 0 Å². The lowest BCUT2D eigenvalue weighted by Gasteiger charge is -2.16. The van der Waals surface area contributed by atoms with Crippen molar-refractivity contribution in [2.75, 3.05) is 13.1 Å². The van der Waals surface area contributed by atoms with Crippen LogP contribution in [0.3, 0.4) is 0 Å². The zero-order chi connectivity index (χ0) is 12.6. The SMILES string of the molecule is N[C@H]1CCN(S(=O)(=O)c2c(F)cccc2F)C1. The van der Waals surface area contributed by atoms with Gasteiger partial charge in [0.05, 0.1) is 0 Å². The third kappa shape index (κ3) is 2.18. The van der Waals surface area contributed by atoms with Gasteiger partial charge in [0.1, 0.15) is 11.6 Å². The lowest BCUT2D eigenvalue weighted by atomic mass is 10.3. The second kappa shape index (κ2) is 4.32. The summed E-state index contributed by atoms with van der Waals surface area (Å²) in [6, 6.07) is 2.69. The first-order valence-electron chi connectivity index (χ1n) is 5.12. The Morgan fingerprint density at radius 3 is 2.35 bits per heavy atom. The Bertz CT molecular complexity index is 513. The van der Waals surface area contributed by atoms with E-state index in [0.29, 0.717) is 6.42 Å². The highest BCUT2D eigenvalue weighted by Crippen LogP contribution is 2.25. The fourth-order valence-corrected chi connectivity index (χ4v) is 3.45. The van der Waals surface area contributed by atoms with Crippen molar-refractivity contribution in [3.63, 3.8) is 0 Å². The Balaban J connectivity index is 2.45. The normalized spacial score (nSPS) is 21.9. The van der Waals surface area contributed by atoms with E-state index in [1.54, 1.807) is 0 Å². The Morgan fingerprint density at radius 2 is 1.88 bits per heavy atom. The number of benzene rings is 1. The molecule has 0 radical (unpaired) electrons. The molecule has 7 heteroatoms. The topological polar surface area (TPSA) is 63.4 Å². The van der Waals surface area contributed by atoms with Crippen LogP contribution in [0, 0.1) is 11.6 Å². The third-order valence-electron chi connectivity index (χ3n) is 2.70. The zero-order valence-corrected chi connectivity index (χ0v) is 9.75. The number of rotatable bonds is 2. The van der Waals surface area contributed by atoms with Gasteiger partial charge in [-0.3, -0.25) is 0 Å². The van der Waals surface area contributed by atoms with E-state index in [0.717, 1.165) is 22.5 Å². The van der Waals surface area contributed by atoms with Crippen LogP contribution in [0.1, 0.15) is 6.42 Å². The van der Waals surface area contributed by atoms with Crippen molar-refractivity contribution < 1.29 is 17.2 Å². The molecule has 17 heavy (non-hydrogen) atoms. The van der Waals surface area contributed by atoms with Crippen molar-refractivity contribution >= 4 is 10.0 Å². The van der Waals surface area contributed by atoms with E-state index in [4.69, 9.17) is 5.73 Å². The standard InChI is InChI=1S/C10H12F2N2O2S/c11-8-2-1-3-9(12)10(8)17(15,16)14-5-4-7(13)6-14/h1-3,7H,4-6,13H2/t7-/m0/s1. The first kappa shape index (κ1) is 12.4. The van der Waals surface area contributed by atoms with Gasteiger partial charge in [0.2, 0.25) is 10.0 Å². The van der Waals surface area contributed by atoms with Crippen molar-refractivity contribution in [3.8, 4) is 0 Å². The van der Waals surface area contributed by atoms with Crippen LogP contribution in [0.2, 0.25) is 0 Å². The average molecular weight is 262 g/mol. The molecule has 2 rings (SSSR count). The molecule has 0 bridgehead atoms. The summed E-state index contributed by atoms with van der Waals surface area (Å²) in [5.41, 5.74) is 5.58. The molecule has 2 N–H and O–H groups in total. The van der Waals surface area contributed by atoms with Crippen LogP contribution in [-0.4, -0.2) is 31.9 Å². The largest absolute Gasteiger partial charge is 0.326 e. The first-order chi connectivity index (χ1) is 7.93. The fraction of sp³-hybridized carbons (Fsp3) is 0.400. The van der Waals surface area contributed by atoms with E-state index in [2.05, 4.69) is 0 Å². The minimum atomic E-state index is -4.13. The summed E-state index contributed by atoms with van der Waals surface area (Å²) in [5, 5.41) is 0. The number of hydrogen-bond donors (Lipinski definition) is 1. The maximum absolute atomic E-state index is 13.4. The molecule has 0 aliphatic carbocycles. The van der Waals surface area contributed by atoms with E-state index in [-0.39, 0.29) is 19.1 Å². The van der Waals surface area contributed by atoms with Gasteiger partial charge >= 0.3 is 0 Å². The number of hydrogen-bond acceptors (Lipinski definition) is 3. The van der Waals surface area contributed by atoms with Crippen molar-refractivity contribution in [1.82, 2.24) is 4.31 Å². The molecule has 1 fully saturated rings. The molecule has 1 heterocycles. The number of nitrogens with two attached hydrogens (primary N) is 1. The lowest BCUT2D eigenvalue weighted by molar-refractivity contribution is 0.452. The Labute approximate surface area is 98.1 Å². The van der Waals surface area contributed by atoms with Crippen LogP contribution in [0.5, 0.6) is 0 Å². The minimum Gasteiger partial charge on any atom is -0.326 e. The van der Waals surface area contributed by atoms with Gasteiger partial charge in [-0.15, -0.1) is 0 Å². The van der Waals surface area contributed by atoms with Crippen molar-refractivity contribution in [3.05, 3.63) is 29.8 Å². The molecule has 1 aromatic rings. The second-order valence-electron chi connectivity index (χ2n) is 3.96. The summed E-state index contributed by atoms with van der Waals surface area (Å²) >= 11 is 0.